The number of rotatable bonds is 1. The van der Waals surface area contributed by atoms with E-state index in [1.165, 1.54) is 18.2 Å². The Morgan fingerprint density at radius 2 is 1.73 bits per heavy atom. The Morgan fingerprint density at radius 1 is 1.27 bits per heavy atom. The van der Waals surface area contributed by atoms with E-state index in [4.69, 9.17) is 0 Å². The van der Waals surface area contributed by atoms with Crippen LogP contribution in [0, 0.1) is 11.6 Å². The summed E-state index contributed by atoms with van der Waals surface area (Å²) in [5.41, 5.74) is 0.0378. The third kappa shape index (κ3) is 1.71. The van der Waals surface area contributed by atoms with Crippen LogP contribution < -0.4 is 0 Å². The molecule has 1 atom stereocenters. The molecule has 11 heavy (non-hydrogen) atoms. The SMILES string of the molecule is C[C@@H](S)c1c(F)cccc1F. The molecule has 1 rings (SSSR count). The molecule has 0 spiro atoms. The first-order chi connectivity index (χ1) is 5.13. The smallest absolute Gasteiger partial charge is 0.130 e. The van der Waals surface area contributed by atoms with E-state index in [0.29, 0.717) is 0 Å². The fourth-order valence-electron chi connectivity index (χ4n) is 0.910. The van der Waals surface area contributed by atoms with Gasteiger partial charge in [0.15, 0.2) is 0 Å². The van der Waals surface area contributed by atoms with Crippen molar-refractivity contribution in [1.29, 1.82) is 0 Å². The van der Waals surface area contributed by atoms with E-state index in [2.05, 4.69) is 12.6 Å². The highest BCUT2D eigenvalue weighted by Crippen LogP contribution is 2.24. The summed E-state index contributed by atoms with van der Waals surface area (Å²) >= 11 is 3.95. The van der Waals surface area contributed by atoms with Crippen LogP contribution in [-0.4, -0.2) is 0 Å². The number of hydrogen-bond donors (Lipinski definition) is 1. The lowest BCUT2D eigenvalue weighted by molar-refractivity contribution is 0.557. The minimum Gasteiger partial charge on any atom is -0.207 e. The molecule has 0 nitrogen and oxygen atoms in total. The minimum atomic E-state index is -0.535. The van der Waals surface area contributed by atoms with Gasteiger partial charge in [-0.15, -0.1) is 0 Å². The van der Waals surface area contributed by atoms with Gasteiger partial charge in [-0.25, -0.2) is 8.78 Å². The third-order valence-corrected chi connectivity index (χ3v) is 1.68. The van der Waals surface area contributed by atoms with Crippen molar-refractivity contribution >= 4 is 12.6 Å². The lowest BCUT2D eigenvalue weighted by atomic mass is 10.1. The molecule has 0 unspecified atom stereocenters. The van der Waals surface area contributed by atoms with E-state index in [1.807, 2.05) is 0 Å². The van der Waals surface area contributed by atoms with Crippen molar-refractivity contribution in [2.75, 3.05) is 0 Å². The lowest BCUT2D eigenvalue weighted by Crippen LogP contribution is -1.94. The van der Waals surface area contributed by atoms with Gasteiger partial charge in [0.2, 0.25) is 0 Å². The van der Waals surface area contributed by atoms with Crippen molar-refractivity contribution in [3.8, 4) is 0 Å². The zero-order chi connectivity index (χ0) is 8.43. The van der Waals surface area contributed by atoms with Crippen LogP contribution in [0.1, 0.15) is 17.7 Å². The summed E-state index contributed by atoms with van der Waals surface area (Å²) in [7, 11) is 0. The average molecular weight is 174 g/mol. The zero-order valence-corrected chi connectivity index (χ0v) is 6.91. The second-order valence-electron chi connectivity index (χ2n) is 2.31. The van der Waals surface area contributed by atoms with Gasteiger partial charge in [0.1, 0.15) is 11.6 Å². The van der Waals surface area contributed by atoms with Crippen LogP contribution in [0.25, 0.3) is 0 Å². The zero-order valence-electron chi connectivity index (χ0n) is 6.01. The summed E-state index contributed by atoms with van der Waals surface area (Å²) in [4.78, 5) is 0. The van der Waals surface area contributed by atoms with Crippen LogP contribution in [0.15, 0.2) is 18.2 Å². The van der Waals surface area contributed by atoms with Crippen molar-refractivity contribution in [1.82, 2.24) is 0 Å². The highest BCUT2D eigenvalue weighted by atomic mass is 32.1. The normalized spacial score (nSPS) is 13.1. The summed E-state index contributed by atoms with van der Waals surface area (Å²) in [6.07, 6.45) is 0. The van der Waals surface area contributed by atoms with Crippen LogP contribution in [0.5, 0.6) is 0 Å². The third-order valence-electron chi connectivity index (χ3n) is 1.42. The Morgan fingerprint density at radius 3 is 2.00 bits per heavy atom. The standard InChI is InChI=1S/C8H8F2S/c1-5(11)8-6(9)3-2-4-7(8)10/h2-5,11H,1H3/t5-/m1/s1. The van der Waals surface area contributed by atoms with Gasteiger partial charge in [-0.2, -0.15) is 12.6 Å². The van der Waals surface area contributed by atoms with Gasteiger partial charge >= 0.3 is 0 Å². The largest absolute Gasteiger partial charge is 0.207 e. The first kappa shape index (κ1) is 8.53. The minimum absolute atomic E-state index is 0.0378. The van der Waals surface area contributed by atoms with E-state index in [-0.39, 0.29) is 5.56 Å². The van der Waals surface area contributed by atoms with Gasteiger partial charge < -0.3 is 0 Å². The Labute approximate surface area is 69.6 Å². The Hall–Kier alpha value is -0.570. The second-order valence-corrected chi connectivity index (χ2v) is 3.09. The highest BCUT2D eigenvalue weighted by Gasteiger charge is 2.11. The van der Waals surface area contributed by atoms with Crippen LogP contribution >= 0.6 is 12.6 Å². The molecule has 0 radical (unpaired) electrons. The Balaban J connectivity index is 3.21. The molecular weight excluding hydrogens is 166 g/mol. The van der Waals surface area contributed by atoms with E-state index in [9.17, 15) is 8.78 Å². The average Bonchev–Trinajstić information content (AvgIpc) is 1.85. The van der Waals surface area contributed by atoms with Crippen LogP contribution in [0.2, 0.25) is 0 Å². The number of benzene rings is 1. The number of thiol groups is 1. The molecule has 0 N–H and O–H groups in total. The van der Waals surface area contributed by atoms with Crippen LogP contribution in [0.4, 0.5) is 8.78 Å². The highest BCUT2D eigenvalue weighted by molar-refractivity contribution is 7.80. The monoisotopic (exact) mass is 174 g/mol. The molecule has 0 aliphatic rings. The van der Waals surface area contributed by atoms with Crippen LogP contribution in [0.3, 0.4) is 0 Å². The molecule has 0 bridgehead atoms. The molecule has 0 aromatic heterocycles. The van der Waals surface area contributed by atoms with Gasteiger partial charge in [0.05, 0.1) is 0 Å². The fraction of sp³-hybridized carbons (Fsp3) is 0.250. The maximum atomic E-state index is 12.8. The maximum Gasteiger partial charge on any atom is 0.130 e. The van der Waals surface area contributed by atoms with Crippen molar-refractivity contribution in [3.05, 3.63) is 35.4 Å². The van der Waals surface area contributed by atoms with E-state index >= 15 is 0 Å². The van der Waals surface area contributed by atoms with Crippen molar-refractivity contribution in [3.63, 3.8) is 0 Å². The molecule has 0 heterocycles. The van der Waals surface area contributed by atoms with Gasteiger partial charge in [0.25, 0.3) is 0 Å². The molecule has 0 amide bonds. The van der Waals surface area contributed by atoms with Crippen molar-refractivity contribution in [2.24, 2.45) is 0 Å². The lowest BCUT2D eigenvalue weighted by Gasteiger charge is -2.06. The molecule has 60 valence electrons. The van der Waals surface area contributed by atoms with E-state index < -0.39 is 16.9 Å². The molecule has 0 saturated heterocycles. The molecule has 1 aromatic carbocycles. The van der Waals surface area contributed by atoms with Gasteiger partial charge in [0, 0.05) is 10.8 Å². The first-order valence-corrected chi connectivity index (χ1v) is 3.76. The Kier molecular flexibility index (Phi) is 2.49. The molecule has 0 fully saturated rings. The molecular formula is C8H8F2S. The fourth-order valence-corrected chi connectivity index (χ4v) is 1.16. The second kappa shape index (κ2) is 3.22. The first-order valence-electron chi connectivity index (χ1n) is 3.25. The number of hydrogen-bond acceptors (Lipinski definition) is 1. The molecule has 1 aromatic rings. The van der Waals surface area contributed by atoms with Crippen LogP contribution in [-0.2, 0) is 0 Å². The summed E-state index contributed by atoms with van der Waals surface area (Å²) in [5.74, 6) is -1.07. The summed E-state index contributed by atoms with van der Waals surface area (Å²) in [6, 6.07) is 3.79. The number of halogens is 2. The van der Waals surface area contributed by atoms with Gasteiger partial charge in [-0.05, 0) is 19.1 Å². The van der Waals surface area contributed by atoms with Gasteiger partial charge in [-0.1, -0.05) is 6.07 Å². The summed E-state index contributed by atoms with van der Waals surface area (Å²) in [6.45, 7) is 1.63. The molecule has 0 aliphatic heterocycles. The summed E-state index contributed by atoms with van der Waals surface area (Å²) < 4.78 is 25.6. The maximum absolute atomic E-state index is 12.8. The van der Waals surface area contributed by atoms with Crippen molar-refractivity contribution in [2.45, 2.75) is 12.2 Å². The predicted molar refractivity (Wildman–Crippen MR) is 43.8 cm³/mol. The molecule has 0 aliphatic carbocycles. The quantitative estimate of drug-likeness (QED) is 0.622. The van der Waals surface area contributed by atoms with Crippen molar-refractivity contribution < 1.29 is 8.78 Å². The predicted octanol–water partition coefficient (Wildman–Crippen LogP) is 2.96. The topological polar surface area (TPSA) is 0 Å². The molecule has 0 saturated carbocycles. The molecule has 3 heteroatoms. The Bertz CT molecular complexity index is 238. The van der Waals surface area contributed by atoms with E-state index in [1.54, 1.807) is 6.92 Å². The van der Waals surface area contributed by atoms with Gasteiger partial charge in [-0.3, -0.25) is 0 Å². The summed E-state index contributed by atoms with van der Waals surface area (Å²) in [5, 5.41) is -0.406. The van der Waals surface area contributed by atoms with E-state index in [0.717, 1.165) is 0 Å².